The molecule has 8 heteroatoms. The van der Waals surface area contributed by atoms with Crippen molar-refractivity contribution in [1.82, 2.24) is 14.9 Å². The Hall–Kier alpha value is -2.32. The number of benzene rings is 1. The van der Waals surface area contributed by atoms with E-state index in [0.717, 1.165) is 50.9 Å². The molecule has 1 N–H and O–H groups in total. The van der Waals surface area contributed by atoms with Crippen molar-refractivity contribution in [3.8, 4) is 0 Å². The number of morpholine rings is 1. The maximum atomic E-state index is 14.0. The lowest BCUT2D eigenvalue weighted by molar-refractivity contribution is 0.122. The molecule has 0 saturated carbocycles. The zero-order valence-electron chi connectivity index (χ0n) is 15.8. The van der Waals surface area contributed by atoms with Crippen molar-refractivity contribution in [3.05, 3.63) is 47.7 Å². The minimum absolute atomic E-state index is 0.227. The van der Waals surface area contributed by atoms with Gasteiger partial charge in [0.05, 0.1) is 13.2 Å². The number of halogens is 2. The summed E-state index contributed by atoms with van der Waals surface area (Å²) in [5.74, 6) is 0.492. The molecule has 1 aromatic heterocycles. The Bertz CT molecular complexity index is 800. The second-order valence-corrected chi connectivity index (χ2v) is 7.30. The highest BCUT2D eigenvalue weighted by Crippen LogP contribution is 2.20. The lowest BCUT2D eigenvalue weighted by Crippen LogP contribution is -2.42. The third-order valence-electron chi connectivity index (χ3n) is 5.20. The molecule has 150 valence electrons. The first-order valence-electron chi connectivity index (χ1n) is 9.76. The number of hydrogen-bond acceptors (Lipinski definition) is 6. The van der Waals surface area contributed by atoms with Crippen LogP contribution in [0.1, 0.15) is 18.4 Å². The first-order chi connectivity index (χ1) is 13.7. The van der Waals surface area contributed by atoms with Gasteiger partial charge < -0.3 is 15.0 Å². The number of ether oxygens (including phenoxy) is 1. The van der Waals surface area contributed by atoms with Gasteiger partial charge in [-0.05, 0) is 31.5 Å². The van der Waals surface area contributed by atoms with Gasteiger partial charge in [-0.25, -0.2) is 13.8 Å². The van der Waals surface area contributed by atoms with Crippen molar-refractivity contribution in [3.63, 3.8) is 0 Å². The van der Waals surface area contributed by atoms with Gasteiger partial charge in [0, 0.05) is 50.0 Å². The summed E-state index contributed by atoms with van der Waals surface area (Å²) in [6.07, 6.45) is 3.82. The smallest absolute Gasteiger partial charge is 0.227 e. The highest BCUT2D eigenvalue weighted by molar-refractivity contribution is 5.42. The van der Waals surface area contributed by atoms with Gasteiger partial charge in [0.15, 0.2) is 0 Å². The lowest BCUT2D eigenvalue weighted by atomic mass is 10.0. The third-order valence-corrected chi connectivity index (χ3v) is 5.20. The molecule has 0 radical (unpaired) electrons. The summed E-state index contributed by atoms with van der Waals surface area (Å²) in [6.45, 7) is 5.14. The molecule has 2 aromatic rings. The SMILES string of the molecule is Fc1ccc(CN2CCCC(Nc3ccnc(N4CCOCC4)n3)C2)c(F)c1. The zero-order chi connectivity index (χ0) is 19.3. The molecule has 2 aliphatic rings. The maximum Gasteiger partial charge on any atom is 0.227 e. The van der Waals surface area contributed by atoms with Crippen molar-refractivity contribution in [2.75, 3.05) is 49.6 Å². The Labute approximate surface area is 163 Å². The van der Waals surface area contributed by atoms with Crippen LogP contribution in [0.4, 0.5) is 20.5 Å². The lowest BCUT2D eigenvalue weighted by Gasteiger charge is -2.33. The highest BCUT2D eigenvalue weighted by Gasteiger charge is 2.22. The van der Waals surface area contributed by atoms with E-state index >= 15 is 0 Å². The van der Waals surface area contributed by atoms with Crippen LogP contribution in [0.25, 0.3) is 0 Å². The van der Waals surface area contributed by atoms with E-state index in [-0.39, 0.29) is 6.04 Å². The monoisotopic (exact) mass is 389 g/mol. The van der Waals surface area contributed by atoms with Crippen LogP contribution in [0, 0.1) is 11.6 Å². The number of hydrogen-bond donors (Lipinski definition) is 1. The fourth-order valence-corrected chi connectivity index (χ4v) is 3.76. The highest BCUT2D eigenvalue weighted by atomic mass is 19.1. The van der Waals surface area contributed by atoms with E-state index in [1.54, 1.807) is 6.20 Å². The third kappa shape index (κ3) is 4.74. The van der Waals surface area contributed by atoms with Crippen molar-refractivity contribution in [2.24, 2.45) is 0 Å². The van der Waals surface area contributed by atoms with Gasteiger partial charge in [-0.2, -0.15) is 4.98 Å². The van der Waals surface area contributed by atoms with Crippen LogP contribution in [0.3, 0.4) is 0 Å². The quantitative estimate of drug-likeness (QED) is 0.849. The first-order valence-corrected chi connectivity index (χ1v) is 9.76. The van der Waals surface area contributed by atoms with E-state index in [0.29, 0.717) is 31.3 Å². The van der Waals surface area contributed by atoms with E-state index in [1.807, 2.05) is 6.07 Å². The van der Waals surface area contributed by atoms with E-state index in [1.165, 1.54) is 12.1 Å². The summed E-state index contributed by atoms with van der Waals surface area (Å²) >= 11 is 0. The topological polar surface area (TPSA) is 53.5 Å². The van der Waals surface area contributed by atoms with Gasteiger partial charge in [0.2, 0.25) is 5.95 Å². The molecule has 0 aliphatic carbocycles. The molecule has 0 amide bonds. The standard InChI is InChI=1S/C20H25F2N5O/c21-16-4-3-15(18(22)12-16)13-26-7-1-2-17(14-26)24-19-5-6-23-20(25-19)27-8-10-28-11-9-27/h3-6,12,17H,1-2,7-11,13-14H2,(H,23,24,25). The van der Waals surface area contributed by atoms with Gasteiger partial charge in [-0.1, -0.05) is 6.07 Å². The molecule has 1 unspecified atom stereocenters. The molecular formula is C20H25F2N5O. The van der Waals surface area contributed by atoms with Crippen LogP contribution in [-0.2, 0) is 11.3 Å². The van der Waals surface area contributed by atoms with Crippen LogP contribution in [0.2, 0.25) is 0 Å². The van der Waals surface area contributed by atoms with E-state index in [9.17, 15) is 8.78 Å². The van der Waals surface area contributed by atoms with Crippen LogP contribution in [0.5, 0.6) is 0 Å². The minimum atomic E-state index is -0.542. The molecule has 28 heavy (non-hydrogen) atoms. The molecule has 6 nitrogen and oxygen atoms in total. The summed E-state index contributed by atoms with van der Waals surface area (Å²) in [7, 11) is 0. The average molecular weight is 389 g/mol. The Morgan fingerprint density at radius 3 is 2.82 bits per heavy atom. The Morgan fingerprint density at radius 1 is 1.14 bits per heavy atom. The summed E-state index contributed by atoms with van der Waals surface area (Å²) in [5.41, 5.74) is 0.527. The maximum absolute atomic E-state index is 14.0. The average Bonchev–Trinajstić information content (AvgIpc) is 2.71. The molecule has 2 aliphatic heterocycles. The van der Waals surface area contributed by atoms with Crippen molar-refractivity contribution in [2.45, 2.75) is 25.4 Å². The van der Waals surface area contributed by atoms with Crippen LogP contribution < -0.4 is 10.2 Å². The van der Waals surface area contributed by atoms with Crippen LogP contribution in [0.15, 0.2) is 30.5 Å². The number of nitrogens with one attached hydrogen (secondary N) is 1. The predicted octanol–water partition coefficient (Wildman–Crippen LogP) is 2.67. The largest absolute Gasteiger partial charge is 0.378 e. The fourth-order valence-electron chi connectivity index (χ4n) is 3.76. The van der Waals surface area contributed by atoms with Crippen molar-refractivity contribution >= 4 is 11.8 Å². The van der Waals surface area contributed by atoms with Crippen molar-refractivity contribution in [1.29, 1.82) is 0 Å². The molecule has 2 fully saturated rings. The van der Waals surface area contributed by atoms with E-state index in [2.05, 4.69) is 25.1 Å². The minimum Gasteiger partial charge on any atom is -0.378 e. The zero-order valence-corrected chi connectivity index (χ0v) is 15.8. The second-order valence-electron chi connectivity index (χ2n) is 7.30. The summed E-state index contributed by atoms with van der Waals surface area (Å²) in [4.78, 5) is 13.4. The summed E-state index contributed by atoms with van der Waals surface area (Å²) < 4.78 is 32.5. The summed E-state index contributed by atoms with van der Waals surface area (Å²) in [5, 5.41) is 3.50. The Kier molecular flexibility index (Phi) is 5.97. The van der Waals surface area contributed by atoms with Crippen molar-refractivity contribution < 1.29 is 13.5 Å². The molecule has 1 aromatic carbocycles. The molecule has 0 bridgehead atoms. The molecule has 3 heterocycles. The number of nitrogens with zero attached hydrogens (tertiary/aromatic N) is 4. The number of rotatable bonds is 5. The fraction of sp³-hybridized carbons (Fsp3) is 0.500. The Morgan fingerprint density at radius 2 is 2.00 bits per heavy atom. The van der Waals surface area contributed by atoms with E-state index in [4.69, 9.17) is 4.74 Å². The van der Waals surface area contributed by atoms with Crippen LogP contribution >= 0.6 is 0 Å². The molecular weight excluding hydrogens is 364 g/mol. The van der Waals surface area contributed by atoms with Gasteiger partial charge >= 0.3 is 0 Å². The number of likely N-dealkylation sites (tertiary alicyclic amines) is 1. The van der Waals surface area contributed by atoms with Gasteiger partial charge in [-0.3, -0.25) is 4.90 Å². The summed E-state index contributed by atoms with van der Waals surface area (Å²) in [6, 6.07) is 5.89. The number of anilines is 2. The normalized spacial score (nSPS) is 20.9. The predicted molar refractivity (Wildman–Crippen MR) is 103 cm³/mol. The number of aromatic nitrogens is 2. The molecule has 2 saturated heterocycles. The molecule has 1 atom stereocenters. The number of piperidine rings is 1. The first kappa shape index (κ1) is 19.0. The van der Waals surface area contributed by atoms with E-state index < -0.39 is 11.6 Å². The van der Waals surface area contributed by atoms with Gasteiger partial charge in [0.25, 0.3) is 0 Å². The van der Waals surface area contributed by atoms with Crippen LogP contribution in [-0.4, -0.2) is 60.3 Å². The molecule has 4 rings (SSSR count). The Balaban J connectivity index is 1.37. The second kappa shape index (κ2) is 8.79. The molecule has 0 spiro atoms. The van der Waals surface area contributed by atoms with Gasteiger partial charge in [0.1, 0.15) is 17.5 Å². The van der Waals surface area contributed by atoms with Gasteiger partial charge in [-0.15, -0.1) is 0 Å².